The zero-order valence-electron chi connectivity index (χ0n) is 11.0. The number of nitrogens with two attached hydrogens (primary N) is 1. The Morgan fingerprint density at radius 2 is 2.18 bits per heavy atom. The van der Waals surface area contributed by atoms with E-state index in [2.05, 4.69) is 24.9 Å². The Morgan fingerprint density at radius 3 is 2.82 bits per heavy atom. The van der Waals surface area contributed by atoms with Gasteiger partial charge in [-0.25, -0.2) is 0 Å². The van der Waals surface area contributed by atoms with E-state index in [0.29, 0.717) is 12.6 Å². The molecule has 3 nitrogen and oxygen atoms in total. The lowest BCUT2D eigenvalue weighted by Crippen LogP contribution is -2.38. The molecule has 1 aromatic heterocycles. The smallest absolute Gasteiger partial charge is 0.118 e. The SMILES string of the molecule is CC1CCCCC1N(C)Cc1cc(CN)co1. The van der Waals surface area contributed by atoms with Gasteiger partial charge in [-0.2, -0.15) is 0 Å². The van der Waals surface area contributed by atoms with Crippen molar-refractivity contribution in [1.82, 2.24) is 4.90 Å². The third-order valence-electron chi connectivity index (χ3n) is 3.98. The third-order valence-corrected chi connectivity index (χ3v) is 3.98. The van der Waals surface area contributed by atoms with Crippen LogP contribution in [0.2, 0.25) is 0 Å². The van der Waals surface area contributed by atoms with Gasteiger partial charge in [0, 0.05) is 18.2 Å². The van der Waals surface area contributed by atoms with E-state index in [0.717, 1.165) is 23.8 Å². The fourth-order valence-corrected chi connectivity index (χ4v) is 2.93. The molecule has 2 unspecified atom stereocenters. The molecule has 2 atom stereocenters. The molecule has 1 heterocycles. The number of furan rings is 1. The second-order valence-electron chi connectivity index (χ2n) is 5.37. The Labute approximate surface area is 104 Å². The fraction of sp³-hybridized carbons (Fsp3) is 0.714. The van der Waals surface area contributed by atoms with Gasteiger partial charge >= 0.3 is 0 Å². The summed E-state index contributed by atoms with van der Waals surface area (Å²) in [7, 11) is 2.21. The van der Waals surface area contributed by atoms with Crippen molar-refractivity contribution in [2.75, 3.05) is 7.05 Å². The molecule has 1 aliphatic rings. The first-order chi connectivity index (χ1) is 8.20. The Hall–Kier alpha value is -0.800. The molecule has 2 N–H and O–H groups in total. The summed E-state index contributed by atoms with van der Waals surface area (Å²) in [5.74, 6) is 1.84. The van der Waals surface area contributed by atoms with Crippen molar-refractivity contribution in [1.29, 1.82) is 0 Å². The second-order valence-corrected chi connectivity index (χ2v) is 5.37. The quantitative estimate of drug-likeness (QED) is 0.874. The van der Waals surface area contributed by atoms with Crippen molar-refractivity contribution in [2.24, 2.45) is 11.7 Å². The van der Waals surface area contributed by atoms with E-state index in [-0.39, 0.29) is 0 Å². The number of nitrogens with zero attached hydrogens (tertiary/aromatic N) is 1. The molecule has 0 aromatic carbocycles. The van der Waals surface area contributed by atoms with Gasteiger partial charge in [0.25, 0.3) is 0 Å². The molecule has 0 bridgehead atoms. The molecular formula is C14H24N2O. The highest BCUT2D eigenvalue weighted by molar-refractivity contribution is 5.12. The summed E-state index contributed by atoms with van der Waals surface area (Å²) in [6.45, 7) is 3.83. The molecule has 0 radical (unpaired) electrons. The third kappa shape index (κ3) is 3.11. The zero-order chi connectivity index (χ0) is 12.3. The van der Waals surface area contributed by atoms with Crippen molar-refractivity contribution < 1.29 is 4.42 Å². The molecule has 0 aliphatic heterocycles. The Morgan fingerprint density at radius 1 is 1.41 bits per heavy atom. The molecule has 2 rings (SSSR count). The molecule has 0 amide bonds. The van der Waals surface area contributed by atoms with Crippen molar-refractivity contribution in [3.05, 3.63) is 23.7 Å². The van der Waals surface area contributed by atoms with Crippen LogP contribution in [-0.2, 0) is 13.1 Å². The molecular weight excluding hydrogens is 212 g/mol. The van der Waals surface area contributed by atoms with Crippen LogP contribution < -0.4 is 5.73 Å². The van der Waals surface area contributed by atoms with Gasteiger partial charge in [-0.1, -0.05) is 19.8 Å². The lowest BCUT2D eigenvalue weighted by molar-refractivity contribution is 0.125. The van der Waals surface area contributed by atoms with E-state index < -0.39 is 0 Å². The van der Waals surface area contributed by atoms with Crippen molar-refractivity contribution in [3.8, 4) is 0 Å². The molecule has 17 heavy (non-hydrogen) atoms. The van der Waals surface area contributed by atoms with Crippen LogP contribution >= 0.6 is 0 Å². The highest BCUT2D eigenvalue weighted by Gasteiger charge is 2.25. The lowest BCUT2D eigenvalue weighted by Gasteiger charge is -2.35. The van der Waals surface area contributed by atoms with Crippen LogP contribution in [0, 0.1) is 5.92 Å². The van der Waals surface area contributed by atoms with E-state index in [4.69, 9.17) is 10.2 Å². The van der Waals surface area contributed by atoms with Gasteiger partial charge in [-0.05, 0) is 31.9 Å². The topological polar surface area (TPSA) is 42.4 Å². The molecule has 1 aliphatic carbocycles. The maximum absolute atomic E-state index is 5.59. The molecule has 1 saturated carbocycles. The molecule has 1 fully saturated rings. The van der Waals surface area contributed by atoms with E-state index in [1.54, 1.807) is 6.26 Å². The van der Waals surface area contributed by atoms with E-state index in [9.17, 15) is 0 Å². The largest absolute Gasteiger partial charge is 0.468 e. The van der Waals surface area contributed by atoms with Gasteiger partial charge in [0.2, 0.25) is 0 Å². The van der Waals surface area contributed by atoms with Crippen LogP contribution in [0.5, 0.6) is 0 Å². The summed E-state index contributed by atoms with van der Waals surface area (Å²) in [5, 5.41) is 0. The van der Waals surface area contributed by atoms with Crippen LogP contribution in [0.1, 0.15) is 43.9 Å². The van der Waals surface area contributed by atoms with Crippen LogP contribution in [0.15, 0.2) is 16.7 Å². The van der Waals surface area contributed by atoms with Gasteiger partial charge in [0.05, 0.1) is 12.8 Å². The van der Waals surface area contributed by atoms with Gasteiger partial charge < -0.3 is 10.2 Å². The normalized spacial score (nSPS) is 25.4. The molecule has 96 valence electrons. The summed E-state index contributed by atoms with van der Waals surface area (Å²) < 4.78 is 5.53. The summed E-state index contributed by atoms with van der Waals surface area (Å²) in [6.07, 6.45) is 7.21. The van der Waals surface area contributed by atoms with Crippen LogP contribution in [0.25, 0.3) is 0 Å². The highest BCUT2D eigenvalue weighted by atomic mass is 16.3. The van der Waals surface area contributed by atoms with Crippen LogP contribution in [0.3, 0.4) is 0 Å². The Bertz CT molecular complexity index is 348. The number of rotatable bonds is 4. The molecule has 1 aromatic rings. The first-order valence-corrected chi connectivity index (χ1v) is 6.67. The predicted octanol–water partition coefficient (Wildman–Crippen LogP) is 2.75. The molecule has 0 saturated heterocycles. The highest BCUT2D eigenvalue weighted by Crippen LogP contribution is 2.28. The Kier molecular flexibility index (Phi) is 4.24. The monoisotopic (exact) mass is 236 g/mol. The minimum atomic E-state index is 0.563. The minimum absolute atomic E-state index is 0.563. The summed E-state index contributed by atoms with van der Waals surface area (Å²) in [4.78, 5) is 2.43. The summed E-state index contributed by atoms with van der Waals surface area (Å²) >= 11 is 0. The average molecular weight is 236 g/mol. The fourth-order valence-electron chi connectivity index (χ4n) is 2.93. The lowest BCUT2D eigenvalue weighted by atomic mass is 9.85. The predicted molar refractivity (Wildman–Crippen MR) is 69.5 cm³/mol. The second kappa shape index (κ2) is 5.69. The van der Waals surface area contributed by atoms with E-state index in [1.807, 2.05) is 0 Å². The van der Waals surface area contributed by atoms with Gasteiger partial charge in [-0.15, -0.1) is 0 Å². The van der Waals surface area contributed by atoms with E-state index in [1.165, 1.54) is 25.7 Å². The van der Waals surface area contributed by atoms with Gasteiger partial charge in [0.15, 0.2) is 0 Å². The zero-order valence-corrected chi connectivity index (χ0v) is 11.0. The van der Waals surface area contributed by atoms with Crippen molar-refractivity contribution >= 4 is 0 Å². The summed E-state index contributed by atoms with van der Waals surface area (Å²) in [5.41, 5.74) is 6.67. The van der Waals surface area contributed by atoms with Gasteiger partial charge in [0.1, 0.15) is 5.76 Å². The van der Waals surface area contributed by atoms with Crippen LogP contribution in [0.4, 0.5) is 0 Å². The summed E-state index contributed by atoms with van der Waals surface area (Å²) in [6, 6.07) is 2.78. The standard InChI is InChI=1S/C14H24N2O/c1-11-5-3-4-6-14(11)16(2)9-13-7-12(8-15)10-17-13/h7,10-11,14H,3-6,8-9,15H2,1-2H3. The molecule has 3 heteroatoms. The average Bonchev–Trinajstić information content (AvgIpc) is 2.77. The first-order valence-electron chi connectivity index (χ1n) is 6.67. The number of hydrogen-bond acceptors (Lipinski definition) is 3. The molecule has 0 spiro atoms. The van der Waals surface area contributed by atoms with Gasteiger partial charge in [-0.3, -0.25) is 4.90 Å². The maximum atomic E-state index is 5.59. The Balaban J connectivity index is 1.93. The maximum Gasteiger partial charge on any atom is 0.118 e. The van der Waals surface area contributed by atoms with Crippen molar-refractivity contribution in [3.63, 3.8) is 0 Å². The minimum Gasteiger partial charge on any atom is -0.468 e. The van der Waals surface area contributed by atoms with E-state index >= 15 is 0 Å². The van der Waals surface area contributed by atoms with Crippen molar-refractivity contribution in [2.45, 2.75) is 51.7 Å². The van der Waals surface area contributed by atoms with Crippen LogP contribution in [-0.4, -0.2) is 18.0 Å². The number of hydrogen-bond donors (Lipinski definition) is 1. The first kappa shape index (κ1) is 12.7.